The number of para-hydroxylation sites is 1. The van der Waals surface area contributed by atoms with Crippen molar-refractivity contribution in [3.05, 3.63) is 53.7 Å². The van der Waals surface area contributed by atoms with Crippen LogP contribution in [-0.2, 0) is 6.42 Å². The summed E-state index contributed by atoms with van der Waals surface area (Å²) in [7, 11) is 0. The molecule has 0 atom stereocenters. The van der Waals surface area contributed by atoms with E-state index < -0.39 is 0 Å². The highest BCUT2D eigenvalue weighted by molar-refractivity contribution is 5.82. The van der Waals surface area contributed by atoms with Crippen LogP contribution in [0.5, 0.6) is 0 Å². The summed E-state index contributed by atoms with van der Waals surface area (Å²) in [5, 5.41) is 4.70. The predicted molar refractivity (Wildman–Crippen MR) is 87.0 cm³/mol. The van der Waals surface area contributed by atoms with Gasteiger partial charge in [-0.15, -0.1) is 0 Å². The summed E-state index contributed by atoms with van der Waals surface area (Å²) in [6, 6.07) is 10.5. The number of allylic oxidation sites excluding steroid dienone is 1. The molecule has 2 heteroatoms. The fourth-order valence-corrected chi connectivity index (χ4v) is 2.40. The summed E-state index contributed by atoms with van der Waals surface area (Å²) in [5.74, 6) is 0. The Hall–Kier alpha value is -1.67. The summed E-state index contributed by atoms with van der Waals surface area (Å²) in [4.78, 5) is 4.42. The van der Waals surface area contributed by atoms with Gasteiger partial charge in [-0.1, -0.05) is 36.8 Å². The number of hydrogen-bond acceptors (Lipinski definition) is 2. The Bertz CT molecular complexity index is 567. The molecule has 106 valence electrons. The van der Waals surface area contributed by atoms with Crippen molar-refractivity contribution >= 4 is 10.9 Å². The molecule has 0 radical (unpaired) electrons. The van der Waals surface area contributed by atoms with E-state index in [1.54, 1.807) is 0 Å². The van der Waals surface area contributed by atoms with E-state index in [0.717, 1.165) is 31.4 Å². The number of aromatic nitrogens is 1. The summed E-state index contributed by atoms with van der Waals surface area (Å²) < 4.78 is 0. The first-order valence-electron chi connectivity index (χ1n) is 7.50. The third kappa shape index (κ3) is 4.17. The topological polar surface area (TPSA) is 24.9 Å². The zero-order valence-electron chi connectivity index (χ0n) is 12.5. The van der Waals surface area contributed by atoms with Crippen LogP contribution in [0.1, 0.15) is 32.3 Å². The SMILES string of the molecule is CCCNCCC=C(C)Cc1ccnc2ccccc12. The van der Waals surface area contributed by atoms with Crippen LogP contribution < -0.4 is 5.32 Å². The quantitative estimate of drug-likeness (QED) is 0.603. The minimum atomic E-state index is 1.01. The summed E-state index contributed by atoms with van der Waals surface area (Å²) in [6.45, 7) is 6.60. The third-order valence-corrected chi connectivity index (χ3v) is 3.45. The van der Waals surface area contributed by atoms with Gasteiger partial charge in [-0.2, -0.15) is 0 Å². The van der Waals surface area contributed by atoms with Crippen LogP contribution in [0.2, 0.25) is 0 Å². The number of rotatable bonds is 7. The van der Waals surface area contributed by atoms with Crippen molar-refractivity contribution in [3.8, 4) is 0 Å². The molecular weight excluding hydrogens is 244 g/mol. The second-order valence-corrected chi connectivity index (χ2v) is 5.25. The Morgan fingerprint density at radius 2 is 2.05 bits per heavy atom. The van der Waals surface area contributed by atoms with Gasteiger partial charge in [-0.3, -0.25) is 4.98 Å². The van der Waals surface area contributed by atoms with Crippen LogP contribution in [0.4, 0.5) is 0 Å². The number of pyridine rings is 1. The first kappa shape index (κ1) is 14.7. The molecule has 0 spiro atoms. The van der Waals surface area contributed by atoms with E-state index in [2.05, 4.69) is 54.5 Å². The molecule has 2 rings (SSSR count). The van der Waals surface area contributed by atoms with Gasteiger partial charge < -0.3 is 5.32 Å². The minimum Gasteiger partial charge on any atom is -0.316 e. The van der Waals surface area contributed by atoms with Crippen LogP contribution in [0, 0.1) is 0 Å². The van der Waals surface area contributed by atoms with Crippen LogP contribution in [-0.4, -0.2) is 18.1 Å². The lowest BCUT2D eigenvalue weighted by atomic mass is 10.0. The van der Waals surface area contributed by atoms with Crippen LogP contribution in [0.25, 0.3) is 10.9 Å². The maximum Gasteiger partial charge on any atom is 0.0704 e. The second-order valence-electron chi connectivity index (χ2n) is 5.25. The van der Waals surface area contributed by atoms with Gasteiger partial charge in [0.2, 0.25) is 0 Å². The molecule has 2 aromatic rings. The molecule has 1 aromatic carbocycles. The van der Waals surface area contributed by atoms with Gasteiger partial charge >= 0.3 is 0 Å². The number of fused-ring (bicyclic) bond motifs is 1. The molecular formula is C18H24N2. The third-order valence-electron chi connectivity index (χ3n) is 3.45. The maximum atomic E-state index is 4.42. The summed E-state index contributed by atoms with van der Waals surface area (Å²) >= 11 is 0. The van der Waals surface area contributed by atoms with Gasteiger partial charge in [0.1, 0.15) is 0 Å². The van der Waals surface area contributed by atoms with E-state index in [1.807, 2.05) is 12.3 Å². The minimum absolute atomic E-state index is 1.01. The van der Waals surface area contributed by atoms with E-state index in [1.165, 1.54) is 22.9 Å². The van der Waals surface area contributed by atoms with Crippen molar-refractivity contribution in [2.24, 2.45) is 0 Å². The molecule has 0 unspecified atom stereocenters. The Balaban J connectivity index is 1.99. The Labute approximate surface area is 121 Å². The van der Waals surface area contributed by atoms with Gasteiger partial charge in [-0.25, -0.2) is 0 Å². The largest absolute Gasteiger partial charge is 0.316 e. The number of nitrogens with zero attached hydrogens (tertiary/aromatic N) is 1. The first-order valence-corrected chi connectivity index (χ1v) is 7.50. The Morgan fingerprint density at radius 1 is 1.20 bits per heavy atom. The molecule has 20 heavy (non-hydrogen) atoms. The number of benzene rings is 1. The lowest BCUT2D eigenvalue weighted by molar-refractivity contribution is 0.677. The molecule has 0 aliphatic heterocycles. The van der Waals surface area contributed by atoms with E-state index in [-0.39, 0.29) is 0 Å². The van der Waals surface area contributed by atoms with Gasteiger partial charge in [0.05, 0.1) is 5.52 Å². The van der Waals surface area contributed by atoms with Gasteiger partial charge in [0.15, 0.2) is 0 Å². The van der Waals surface area contributed by atoms with Gasteiger partial charge in [-0.05, 0) is 57.0 Å². The van der Waals surface area contributed by atoms with Crippen molar-refractivity contribution in [2.45, 2.75) is 33.1 Å². The molecule has 0 aliphatic rings. The predicted octanol–water partition coefficient (Wildman–Crippen LogP) is 4.11. The standard InChI is InChI=1S/C18H24N2/c1-3-11-19-12-6-7-15(2)14-16-10-13-20-18-9-5-4-8-17(16)18/h4-5,7-10,13,19H,3,6,11-12,14H2,1-2H3. The number of nitrogens with one attached hydrogen (secondary N) is 1. The van der Waals surface area contributed by atoms with Crippen molar-refractivity contribution in [1.29, 1.82) is 0 Å². The molecule has 0 amide bonds. The lowest BCUT2D eigenvalue weighted by Gasteiger charge is -2.07. The van der Waals surface area contributed by atoms with Gasteiger partial charge in [0.25, 0.3) is 0 Å². The average molecular weight is 268 g/mol. The van der Waals surface area contributed by atoms with Crippen LogP contribution in [0.3, 0.4) is 0 Å². The zero-order chi connectivity index (χ0) is 14.2. The zero-order valence-corrected chi connectivity index (χ0v) is 12.5. The van der Waals surface area contributed by atoms with E-state index in [4.69, 9.17) is 0 Å². The van der Waals surface area contributed by atoms with E-state index >= 15 is 0 Å². The molecule has 0 saturated heterocycles. The van der Waals surface area contributed by atoms with E-state index in [0.29, 0.717) is 0 Å². The highest BCUT2D eigenvalue weighted by Gasteiger charge is 2.01. The number of hydrogen-bond donors (Lipinski definition) is 1. The summed E-state index contributed by atoms with van der Waals surface area (Å²) in [6.07, 6.45) is 7.57. The Kier molecular flexibility index (Phi) is 5.75. The second kappa shape index (κ2) is 7.81. The van der Waals surface area contributed by atoms with Gasteiger partial charge in [0, 0.05) is 11.6 Å². The fourth-order valence-electron chi connectivity index (χ4n) is 2.40. The smallest absolute Gasteiger partial charge is 0.0704 e. The molecule has 0 fully saturated rings. The monoisotopic (exact) mass is 268 g/mol. The normalized spacial score (nSPS) is 12.0. The highest BCUT2D eigenvalue weighted by atomic mass is 14.8. The molecule has 1 heterocycles. The van der Waals surface area contributed by atoms with Crippen molar-refractivity contribution in [3.63, 3.8) is 0 Å². The molecule has 0 bridgehead atoms. The molecule has 2 nitrogen and oxygen atoms in total. The van der Waals surface area contributed by atoms with Crippen molar-refractivity contribution in [1.82, 2.24) is 10.3 Å². The Morgan fingerprint density at radius 3 is 2.90 bits per heavy atom. The summed E-state index contributed by atoms with van der Waals surface area (Å²) in [5.41, 5.74) is 3.88. The van der Waals surface area contributed by atoms with Crippen LogP contribution in [0.15, 0.2) is 48.2 Å². The van der Waals surface area contributed by atoms with Crippen molar-refractivity contribution in [2.75, 3.05) is 13.1 Å². The average Bonchev–Trinajstić information content (AvgIpc) is 2.47. The highest BCUT2D eigenvalue weighted by Crippen LogP contribution is 2.19. The molecule has 1 aromatic heterocycles. The maximum absolute atomic E-state index is 4.42. The van der Waals surface area contributed by atoms with Crippen molar-refractivity contribution < 1.29 is 0 Å². The molecule has 0 saturated carbocycles. The first-order chi connectivity index (χ1) is 9.81. The van der Waals surface area contributed by atoms with Crippen LogP contribution >= 0.6 is 0 Å². The fraction of sp³-hybridized carbons (Fsp3) is 0.389. The molecule has 0 aliphatic carbocycles. The van der Waals surface area contributed by atoms with E-state index in [9.17, 15) is 0 Å². The lowest BCUT2D eigenvalue weighted by Crippen LogP contribution is -2.15. The molecule has 1 N–H and O–H groups in total.